The van der Waals surface area contributed by atoms with E-state index in [0.29, 0.717) is 6.54 Å². The molecule has 1 unspecified atom stereocenters. The standard InChI is InChI=1S/C16H23N3O3S/c1-12-9-13-10-14(23(17,21)22)5-6-15(13)19(12)11-16(20)18-7-3-2-4-8-18/h5-6,10,12H,2-4,7-9,11H2,1H3,(H2,17,21,22). The molecule has 0 radical (unpaired) electrons. The molecule has 2 aliphatic rings. The maximum absolute atomic E-state index is 12.5. The fraction of sp³-hybridized carbons (Fsp3) is 0.562. The largest absolute Gasteiger partial charge is 0.359 e. The van der Waals surface area contributed by atoms with E-state index in [-0.39, 0.29) is 16.8 Å². The van der Waals surface area contributed by atoms with Gasteiger partial charge in [0.2, 0.25) is 15.9 Å². The van der Waals surface area contributed by atoms with Crippen LogP contribution in [-0.4, -0.2) is 44.9 Å². The number of piperidine rings is 1. The second-order valence-electron chi connectivity index (χ2n) is 6.46. The zero-order chi connectivity index (χ0) is 16.6. The summed E-state index contributed by atoms with van der Waals surface area (Å²) in [5.74, 6) is 0.153. The van der Waals surface area contributed by atoms with Crippen LogP contribution in [0.25, 0.3) is 0 Å². The topological polar surface area (TPSA) is 83.7 Å². The van der Waals surface area contributed by atoms with Crippen molar-refractivity contribution in [2.24, 2.45) is 5.14 Å². The molecule has 2 heterocycles. The lowest BCUT2D eigenvalue weighted by atomic mass is 10.1. The monoisotopic (exact) mass is 337 g/mol. The Labute approximate surface area is 137 Å². The van der Waals surface area contributed by atoms with Crippen molar-refractivity contribution < 1.29 is 13.2 Å². The molecular formula is C16H23N3O3S. The molecule has 6 nitrogen and oxygen atoms in total. The van der Waals surface area contributed by atoms with Crippen molar-refractivity contribution in [3.63, 3.8) is 0 Å². The van der Waals surface area contributed by atoms with Gasteiger partial charge in [0.15, 0.2) is 0 Å². The first kappa shape index (κ1) is 16.3. The zero-order valence-corrected chi connectivity index (χ0v) is 14.2. The number of nitrogens with two attached hydrogens (primary N) is 1. The van der Waals surface area contributed by atoms with E-state index in [2.05, 4.69) is 11.8 Å². The van der Waals surface area contributed by atoms with Gasteiger partial charge in [-0.1, -0.05) is 0 Å². The maximum Gasteiger partial charge on any atom is 0.242 e. The Morgan fingerprint density at radius 3 is 2.61 bits per heavy atom. The molecule has 2 N–H and O–H groups in total. The number of likely N-dealkylation sites (tertiary alicyclic amines) is 1. The highest BCUT2D eigenvalue weighted by molar-refractivity contribution is 7.89. The highest BCUT2D eigenvalue weighted by atomic mass is 32.2. The summed E-state index contributed by atoms with van der Waals surface area (Å²) in [6.45, 7) is 4.10. The summed E-state index contributed by atoms with van der Waals surface area (Å²) in [4.78, 5) is 16.6. The first-order valence-corrected chi connectivity index (χ1v) is 9.61. The molecule has 126 valence electrons. The Hall–Kier alpha value is -1.60. The Bertz CT molecular complexity index is 711. The average Bonchev–Trinajstić information content (AvgIpc) is 2.82. The molecule has 1 fully saturated rings. The Morgan fingerprint density at radius 2 is 1.96 bits per heavy atom. The van der Waals surface area contributed by atoms with Gasteiger partial charge in [0.1, 0.15) is 0 Å². The van der Waals surface area contributed by atoms with Crippen LogP contribution in [0.15, 0.2) is 23.1 Å². The van der Waals surface area contributed by atoms with Gasteiger partial charge in [0.25, 0.3) is 0 Å². The molecule has 1 atom stereocenters. The third-order valence-electron chi connectivity index (χ3n) is 4.75. The van der Waals surface area contributed by atoms with Gasteiger partial charge in [0.05, 0.1) is 11.4 Å². The predicted molar refractivity (Wildman–Crippen MR) is 88.8 cm³/mol. The third-order valence-corrected chi connectivity index (χ3v) is 5.66. The minimum absolute atomic E-state index is 0.132. The molecule has 1 aromatic rings. The van der Waals surface area contributed by atoms with Crippen LogP contribution < -0.4 is 10.0 Å². The number of fused-ring (bicyclic) bond motifs is 1. The van der Waals surface area contributed by atoms with Gasteiger partial charge in [-0.3, -0.25) is 4.79 Å². The van der Waals surface area contributed by atoms with Crippen LogP contribution >= 0.6 is 0 Å². The minimum Gasteiger partial charge on any atom is -0.359 e. The van der Waals surface area contributed by atoms with E-state index in [4.69, 9.17) is 5.14 Å². The van der Waals surface area contributed by atoms with Gasteiger partial charge in [-0.2, -0.15) is 0 Å². The van der Waals surface area contributed by atoms with E-state index in [1.807, 2.05) is 4.90 Å². The van der Waals surface area contributed by atoms with Crippen LogP contribution in [0.5, 0.6) is 0 Å². The van der Waals surface area contributed by atoms with Crippen molar-refractivity contribution >= 4 is 21.6 Å². The van der Waals surface area contributed by atoms with E-state index in [9.17, 15) is 13.2 Å². The van der Waals surface area contributed by atoms with Gasteiger partial charge in [-0.05, 0) is 56.4 Å². The molecule has 3 rings (SSSR count). The number of sulfonamides is 1. The normalized spacial score (nSPS) is 21.4. The number of carbonyl (C=O) groups is 1. The quantitative estimate of drug-likeness (QED) is 0.895. The molecule has 0 saturated carbocycles. The van der Waals surface area contributed by atoms with E-state index in [1.165, 1.54) is 12.5 Å². The number of amides is 1. The van der Waals surface area contributed by atoms with Crippen LogP contribution in [0, 0.1) is 0 Å². The molecule has 7 heteroatoms. The van der Waals surface area contributed by atoms with Crippen LogP contribution in [0.2, 0.25) is 0 Å². The summed E-state index contributed by atoms with van der Waals surface area (Å²) in [5, 5.41) is 5.20. The number of hydrogen-bond donors (Lipinski definition) is 1. The summed E-state index contributed by atoms with van der Waals surface area (Å²) in [7, 11) is -3.69. The first-order valence-electron chi connectivity index (χ1n) is 8.06. The fourth-order valence-corrected chi connectivity index (χ4v) is 4.04. The zero-order valence-electron chi connectivity index (χ0n) is 13.4. The number of primary sulfonamides is 1. The van der Waals surface area contributed by atoms with E-state index in [0.717, 1.165) is 43.6 Å². The van der Waals surface area contributed by atoms with Gasteiger partial charge in [-0.25, -0.2) is 13.6 Å². The predicted octanol–water partition coefficient (Wildman–Crippen LogP) is 1.10. The second kappa shape index (κ2) is 6.13. The summed E-state index contributed by atoms with van der Waals surface area (Å²) in [6.07, 6.45) is 4.08. The van der Waals surface area contributed by atoms with Crippen LogP contribution in [0.3, 0.4) is 0 Å². The number of hydrogen-bond acceptors (Lipinski definition) is 4. The summed E-state index contributed by atoms with van der Waals surface area (Å²) in [5.41, 5.74) is 1.88. The number of carbonyl (C=O) groups excluding carboxylic acids is 1. The molecular weight excluding hydrogens is 314 g/mol. The van der Waals surface area contributed by atoms with Gasteiger partial charge >= 0.3 is 0 Å². The average molecular weight is 337 g/mol. The molecule has 0 bridgehead atoms. The molecule has 0 aromatic heterocycles. The molecule has 2 aliphatic heterocycles. The van der Waals surface area contributed by atoms with Gasteiger partial charge < -0.3 is 9.80 Å². The molecule has 1 amide bonds. The van der Waals surface area contributed by atoms with Crippen molar-refractivity contribution in [2.45, 2.75) is 43.5 Å². The van der Waals surface area contributed by atoms with Gasteiger partial charge in [-0.15, -0.1) is 0 Å². The van der Waals surface area contributed by atoms with E-state index in [1.54, 1.807) is 12.1 Å². The lowest BCUT2D eigenvalue weighted by Gasteiger charge is -2.31. The number of rotatable bonds is 3. The van der Waals surface area contributed by atoms with Crippen molar-refractivity contribution in [3.05, 3.63) is 23.8 Å². The van der Waals surface area contributed by atoms with Crippen LogP contribution in [-0.2, 0) is 21.2 Å². The maximum atomic E-state index is 12.5. The highest BCUT2D eigenvalue weighted by Gasteiger charge is 2.30. The Balaban J connectivity index is 1.79. The molecule has 1 aromatic carbocycles. The minimum atomic E-state index is -3.69. The Kier molecular flexibility index (Phi) is 4.33. The number of anilines is 1. The number of nitrogens with zero attached hydrogens (tertiary/aromatic N) is 2. The molecule has 23 heavy (non-hydrogen) atoms. The number of benzene rings is 1. The van der Waals surface area contributed by atoms with Crippen LogP contribution in [0.1, 0.15) is 31.7 Å². The summed E-state index contributed by atoms with van der Waals surface area (Å²) >= 11 is 0. The fourth-order valence-electron chi connectivity index (χ4n) is 3.48. The highest BCUT2D eigenvalue weighted by Crippen LogP contribution is 2.33. The summed E-state index contributed by atoms with van der Waals surface area (Å²) in [6, 6.07) is 5.09. The first-order chi connectivity index (χ1) is 10.9. The van der Waals surface area contributed by atoms with Crippen molar-refractivity contribution in [1.82, 2.24) is 4.90 Å². The molecule has 1 saturated heterocycles. The SMILES string of the molecule is CC1Cc2cc(S(N)(=O)=O)ccc2N1CC(=O)N1CCCCC1. The molecule has 0 aliphatic carbocycles. The van der Waals surface area contributed by atoms with E-state index >= 15 is 0 Å². The lowest BCUT2D eigenvalue weighted by Crippen LogP contribution is -2.44. The van der Waals surface area contributed by atoms with Gasteiger partial charge in [0, 0.05) is 24.8 Å². The molecule has 0 spiro atoms. The smallest absolute Gasteiger partial charge is 0.242 e. The second-order valence-corrected chi connectivity index (χ2v) is 8.02. The van der Waals surface area contributed by atoms with Crippen molar-refractivity contribution in [2.75, 3.05) is 24.5 Å². The Morgan fingerprint density at radius 1 is 1.26 bits per heavy atom. The van der Waals surface area contributed by atoms with E-state index < -0.39 is 10.0 Å². The van der Waals surface area contributed by atoms with Crippen LogP contribution in [0.4, 0.5) is 5.69 Å². The third kappa shape index (κ3) is 3.35. The van der Waals surface area contributed by atoms with Crippen molar-refractivity contribution in [1.29, 1.82) is 0 Å². The van der Waals surface area contributed by atoms with Crippen molar-refractivity contribution in [3.8, 4) is 0 Å². The summed E-state index contributed by atoms with van der Waals surface area (Å²) < 4.78 is 23.0. The lowest BCUT2D eigenvalue weighted by molar-refractivity contribution is -0.130.